The lowest BCUT2D eigenvalue weighted by Gasteiger charge is -2.16. The van der Waals surface area contributed by atoms with Crippen LogP contribution in [0.5, 0.6) is 0 Å². The Morgan fingerprint density at radius 1 is 1.56 bits per heavy atom. The molecule has 1 rings (SSSR count). The van der Waals surface area contributed by atoms with Gasteiger partial charge in [0.25, 0.3) is 0 Å². The number of carbonyl (C=O) groups is 1. The summed E-state index contributed by atoms with van der Waals surface area (Å²) in [6.45, 7) is 5.53. The van der Waals surface area contributed by atoms with E-state index in [1.165, 1.54) is 0 Å². The lowest BCUT2D eigenvalue weighted by molar-refractivity contribution is -0.149. The fourth-order valence-corrected chi connectivity index (χ4v) is 1.47. The molecule has 1 aromatic heterocycles. The molecule has 0 aliphatic rings. The van der Waals surface area contributed by atoms with Crippen molar-refractivity contribution in [3.63, 3.8) is 0 Å². The molecular weight excluding hydrogens is 228 g/mol. The quantitative estimate of drug-likeness (QED) is 0.735. The second kappa shape index (κ2) is 5.34. The van der Waals surface area contributed by atoms with Crippen molar-refractivity contribution in [3.8, 4) is 0 Å². The van der Waals surface area contributed by atoms with Crippen LogP contribution in [0.25, 0.3) is 0 Å². The van der Waals surface area contributed by atoms with E-state index in [4.69, 9.17) is 9.26 Å². The van der Waals surface area contributed by atoms with Crippen molar-refractivity contribution in [2.45, 2.75) is 31.9 Å². The standard InChI is InChI=1S/C10H16N2O3S/c1-5-14-9(13)10(2,3)8-11-7(6-16-4)12-15-8/h5-6H2,1-4H3. The van der Waals surface area contributed by atoms with Crippen LogP contribution in [-0.2, 0) is 20.7 Å². The molecule has 1 aromatic rings. The van der Waals surface area contributed by atoms with Crippen LogP contribution in [0.15, 0.2) is 4.52 Å². The van der Waals surface area contributed by atoms with E-state index in [0.29, 0.717) is 24.1 Å². The molecule has 0 unspecified atom stereocenters. The highest BCUT2D eigenvalue weighted by Crippen LogP contribution is 2.23. The molecule has 0 amide bonds. The minimum absolute atomic E-state index is 0.301. The summed E-state index contributed by atoms with van der Waals surface area (Å²) in [6.07, 6.45) is 1.95. The van der Waals surface area contributed by atoms with Gasteiger partial charge >= 0.3 is 5.97 Å². The van der Waals surface area contributed by atoms with Crippen molar-refractivity contribution in [1.29, 1.82) is 0 Å². The van der Waals surface area contributed by atoms with Crippen LogP contribution in [0.3, 0.4) is 0 Å². The molecule has 1 heterocycles. The summed E-state index contributed by atoms with van der Waals surface area (Å²) >= 11 is 1.60. The maximum absolute atomic E-state index is 11.7. The van der Waals surface area contributed by atoms with Crippen molar-refractivity contribution in [3.05, 3.63) is 11.7 Å². The Morgan fingerprint density at radius 3 is 2.81 bits per heavy atom. The first kappa shape index (κ1) is 13.0. The van der Waals surface area contributed by atoms with Crippen molar-refractivity contribution in [2.75, 3.05) is 12.9 Å². The molecule has 6 heteroatoms. The second-order valence-corrected chi connectivity index (χ2v) is 4.66. The van der Waals surface area contributed by atoms with Crippen molar-refractivity contribution < 1.29 is 14.1 Å². The number of rotatable bonds is 5. The maximum atomic E-state index is 11.7. The van der Waals surface area contributed by atoms with Gasteiger partial charge in [0.1, 0.15) is 5.41 Å². The molecule has 0 N–H and O–H groups in total. The number of thioether (sulfide) groups is 1. The molecule has 0 bridgehead atoms. The SMILES string of the molecule is CCOC(=O)C(C)(C)c1nc(CSC)no1. The zero-order valence-electron chi connectivity index (χ0n) is 9.94. The van der Waals surface area contributed by atoms with Gasteiger partial charge < -0.3 is 9.26 Å². The first-order chi connectivity index (χ1) is 7.52. The summed E-state index contributed by atoms with van der Waals surface area (Å²) < 4.78 is 10.0. The van der Waals surface area contributed by atoms with Gasteiger partial charge in [0.05, 0.1) is 12.4 Å². The first-order valence-electron chi connectivity index (χ1n) is 5.01. The average molecular weight is 244 g/mol. The number of esters is 1. The van der Waals surface area contributed by atoms with E-state index in [-0.39, 0.29) is 5.97 Å². The fourth-order valence-electron chi connectivity index (χ4n) is 1.09. The summed E-state index contributed by atoms with van der Waals surface area (Å²) in [4.78, 5) is 15.9. The fraction of sp³-hybridized carbons (Fsp3) is 0.700. The lowest BCUT2D eigenvalue weighted by atomic mass is 9.94. The molecule has 90 valence electrons. The molecule has 0 atom stereocenters. The van der Waals surface area contributed by atoms with Crippen LogP contribution in [0.2, 0.25) is 0 Å². The molecular formula is C10H16N2O3S. The van der Waals surface area contributed by atoms with E-state index in [1.807, 2.05) is 6.26 Å². The molecule has 5 nitrogen and oxygen atoms in total. The monoisotopic (exact) mass is 244 g/mol. The highest BCUT2D eigenvalue weighted by atomic mass is 32.2. The summed E-state index contributed by atoms with van der Waals surface area (Å²) in [5, 5.41) is 3.80. The smallest absolute Gasteiger partial charge is 0.321 e. The molecule has 0 saturated carbocycles. The largest absolute Gasteiger partial charge is 0.465 e. The third-order valence-corrected chi connectivity index (χ3v) is 2.61. The molecule has 0 aliphatic carbocycles. The minimum atomic E-state index is -0.889. The minimum Gasteiger partial charge on any atom is -0.465 e. The van der Waals surface area contributed by atoms with Crippen molar-refractivity contribution in [2.24, 2.45) is 0 Å². The molecule has 0 aliphatic heterocycles. The number of carbonyl (C=O) groups excluding carboxylic acids is 1. The predicted octanol–water partition coefficient (Wildman–Crippen LogP) is 1.77. The molecule has 0 saturated heterocycles. The van der Waals surface area contributed by atoms with E-state index in [9.17, 15) is 4.79 Å². The van der Waals surface area contributed by atoms with Gasteiger partial charge in [0.2, 0.25) is 5.89 Å². The Bertz CT molecular complexity index is 363. The van der Waals surface area contributed by atoms with Crippen LogP contribution in [-0.4, -0.2) is 29.0 Å². The number of nitrogens with zero attached hydrogens (tertiary/aromatic N) is 2. The Hall–Kier alpha value is -1.04. The van der Waals surface area contributed by atoms with E-state index in [0.717, 1.165) is 0 Å². The summed E-state index contributed by atoms with van der Waals surface area (Å²) in [5.74, 6) is 1.21. The van der Waals surface area contributed by atoms with Gasteiger partial charge in [-0.05, 0) is 27.0 Å². The van der Waals surface area contributed by atoms with Crippen molar-refractivity contribution in [1.82, 2.24) is 10.1 Å². The maximum Gasteiger partial charge on any atom is 0.321 e. The number of hydrogen-bond donors (Lipinski definition) is 0. The average Bonchev–Trinajstić information content (AvgIpc) is 2.68. The van der Waals surface area contributed by atoms with Gasteiger partial charge in [0.15, 0.2) is 5.82 Å². The van der Waals surface area contributed by atoms with E-state index < -0.39 is 5.41 Å². The normalized spacial score (nSPS) is 11.5. The van der Waals surface area contributed by atoms with E-state index in [2.05, 4.69) is 10.1 Å². The second-order valence-electron chi connectivity index (χ2n) is 3.79. The number of aromatic nitrogens is 2. The number of ether oxygens (including phenoxy) is 1. The first-order valence-corrected chi connectivity index (χ1v) is 6.41. The molecule has 0 spiro atoms. The highest BCUT2D eigenvalue weighted by Gasteiger charge is 2.37. The summed E-state index contributed by atoms with van der Waals surface area (Å²) in [7, 11) is 0. The lowest BCUT2D eigenvalue weighted by Crippen LogP contribution is -2.31. The Morgan fingerprint density at radius 2 is 2.25 bits per heavy atom. The third-order valence-electron chi connectivity index (χ3n) is 2.06. The van der Waals surface area contributed by atoms with Gasteiger partial charge in [-0.3, -0.25) is 4.79 Å². The van der Waals surface area contributed by atoms with E-state index >= 15 is 0 Å². The van der Waals surface area contributed by atoms with Crippen molar-refractivity contribution >= 4 is 17.7 Å². The van der Waals surface area contributed by atoms with Crippen LogP contribution in [0.1, 0.15) is 32.5 Å². The zero-order valence-corrected chi connectivity index (χ0v) is 10.8. The summed E-state index contributed by atoms with van der Waals surface area (Å²) in [6, 6.07) is 0. The molecule has 16 heavy (non-hydrogen) atoms. The molecule has 0 radical (unpaired) electrons. The summed E-state index contributed by atoms with van der Waals surface area (Å²) in [5.41, 5.74) is -0.889. The van der Waals surface area contributed by atoms with Gasteiger partial charge in [-0.25, -0.2) is 0 Å². The third kappa shape index (κ3) is 2.75. The zero-order chi connectivity index (χ0) is 12.2. The van der Waals surface area contributed by atoms with Crippen LogP contribution < -0.4 is 0 Å². The topological polar surface area (TPSA) is 65.2 Å². The molecule has 0 aromatic carbocycles. The van der Waals surface area contributed by atoms with Gasteiger partial charge in [-0.1, -0.05) is 5.16 Å². The van der Waals surface area contributed by atoms with Gasteiger partial charge in [-0.2, -0.15) is 16.7 Å². The Labute approximate surface area is 98.9 Å². The molecule has 0 fully saturated rings. The van der Waals surface area contributed by atoms with E-state index in [1.54, 1.807) is 32.5 Å². The Kier molecular flexibility index (Phi) is 4.35. The predicted molar refractivity (Wildman–Crippen MR) is 61.2 cm³/mol. The van der Waals surface area contributed by atoms with Gasteiger partial charge in [-0.15, -0.1) is 0 Å². The number of hydrogen-bond acceptors (Lipinski definition) is 6. The Balaban J connectivity index is 2.84. The van der Waals surface area contributed by atoms with Gasteiger partial charge in [0, 0.05) is 0 Å². The van der Waals surface area contributed by atoms with Crippen LogP contribution in [0, 0.1) is 0 Å². The highest BCUT2D eigenvalue weighted by molar-refractivity contribution is 7.97. The van der Waals surface area contributed by atoms with Crippen LogP contribution >= 0.6 is 11.8 Å². The van der Waals surface area contributed by atoms with Crippen LogP contribution in [0.4, 0.5) is 0 Å².